The van der Waals surface area contributed by atoms with Crippen molar-refractivity contribution in [1.82, 2.24) is 5.32 Å². The van der Waals surface area contributed by atoms with Crippen molar-refractivity contribution in [3.8, 4) is 0 Å². The summed E-state index contributed by atoms with van der Waals surface area (Å²) < 4.78 is 0.963. The number of carbonyl (C=O) groups is 1. The predicted octanol–water partition coefficient (Wildman–Crippen LogP) is 4.31. The highest BCUT2D eigenvalue weighted by molar-refractivity contribution is 9.10. The van der Waals surface area contributed by atoms with Gasteiger partial charge in [0, 0.05) is 14.9 Å². The molecule has 0 aliphatic heterocycles. The van der Waals surface area contributed by atoms with Gasteiger partial charge < -0.3 is 5.32 Å². The number of nitrogens with one attached hydrogen (secondary N) is 1. The molecule has 0 aliphatic carbocycles. The summed E-state index contributed by atoms with van der Waals surface area (Å²) in [6.07, 6.45) is 1.00. The number of benzene rings is 1. The van der Waals surface area contributed by atoms with Gasteiger partial charge in [-0.15, -0.1) is 11.3 Å². The molecular formula is C15H16BrNOS. The molecule has 1 aromatic heterocycles. The van der Waals surface area contributed by atoms with Gasteiger partial charge in [-0.1, -0.05) is 28.9 Å². The quantitative estimate of drug-likeness (QED) is 0.884. The van der Waals surface area contributed by atoms with Crippen LogP contribution in [0.3, 0.4) is 0 Å². The maximum Gasteiger partial charge on any atom is 0.251 e. The molecule has 19 heavy (non-hydrogen) atoms. The minimum absolute atomic E-state index is 0.0313. The molecule has 0 atom stereocenters. The number of halogens is 1. The lowest BCUT2D eigenvalue weighted by Gasteiger charge is -2.07. The molecule has 0 fully saturated rings. The third-order valence-electron chi connectivity index (χ3n) is 3.06. The average molecular weight is 338 g/mol. The van der Waals surface area contributed by atoms with Crippen LogP contribution in [-0.4, -0.2) is 5.91 Å². The number of rotatable bonds is 4. The van der Waals surface area contributed by atoms with Crippen molar-refractivity contribution in [2.75, 3.05) is 0 Å². The van der Waals surface area contributed by atoms with E-state index in [1.54, 1.807) is 11.3 Å². The summed E-state index contributed by atoms with van der Waals surface area (Å²) in [7, 11) is 0. The highest BCUT2D eigenvalue weighted by Gasteiger charge is 2.08. The molecule has 0 saturated carbocycles. The van der Waals surface area contributed by atoms with Gasteiger partial charge in [0.25, 0.3) is 5.91 Å². The summed E-state index contributed by atoms with van der Waals surface area (Å²) in [5, 5.41) is 5.05. The van der Waals surface area contributed by atoms with Gasteiger partial charge in [0.15, 0.2) is 0 Å². The van der Waals surface area contributed by atoms with E-state index in [1.807, 2.05) is 25.1 Å². The van der Waals surface area contributed by atoms with Crippen LogP contribution in [0.15, 0.2) is 34.1 Å². The van der Waals surface area contributed by atoms with Crippen molar-refractivity contribution in [3.05, 3.63) is 55.7 Å². The Balaban J connectivity index is 2.03. The first-order valence-electron chi connectivity index (χ1n) is 6.21. The van der Waals surface area contributed by atoms with Crippen LogP contribution in [0.2, 0.25) is 0 Å². The van der Waals surface area contributed by atoms with E-state index in [9.17, 15) is 4.79 Å². The molecule has 2 aromatic rings. The zero-order chi connectivity index (χ0) is 13.8. The Morgan fingerprint density at radius 3 is 2.84 bits per heavy atom. The van der Waals surface area contributed by atoms with Crippen LogP contribution >= 0.6 is 27.3 Å². The SMILES string of the molecule is CCc1ccsc1CNC(=O)c1ccc(C)c(Br)c1. The zero-order valence-corrected chi connectivity index (χ0v) is 13.4. The fourth-order valence-corrected chi connectivity index (χ4v) is 3.13. The van der Waals surface area contributed by atoms with E-state index in [0.29, 0.717) is 12.1 Å². The van der Waals surface area contributed by atoms with Gasteiger partial charge >= 0.3 is 0 Å². The van der Waals surface area contributed by atoms with E-state index in [1.165, 1.54) is 10.4 Å². The lowest BCUT2D eigenvalue weighted by molar-refractivity contribution is 0.0951. The fraction of sp³-hybridized carbons (Fsp3) is 0.267. The minimum atomic E-state index is -0.0313. The molecule has 1 amide bonds. The monoisotopic (exact) mass is 337 g/mol. The van der Waals surface area contributed by atoms with Crippen LogP contribution < -0.4 is 5.32 Å². The molecule has 4 heteroatoms. The van der Waals surface area contributed by atoms with Gasteiger partial charge in [-0.25, -0.2) is 0 Å². The molecule has 1 aromatic carbocycles. The predicted molar refractivity (Wildman–Crippen MR) is 83.7 cm³/mol. The fourth-order valence-electron chi connectivity index (χ4n) is 1.83. The van der Waals surface area contributed by atoms with E-state index in [2.05, 4.69) is 39.6 Å². The summed E-state index contributed by atoms with van der Waals surface area (Å²) in [5.74, 6) is -0.0313. The molecule has 2 rings (SSSR count). The van der Waals surface area contributed by atoms with Crippen molar-refractivity contribution >= 4 is 33.2 Å². The van der Waals surface area contributed by atoms with Crippen LogP contribution in [0.1, 0.15) is 33.3 Å². The highest BCUT2D eigenvalue weighted by atomic mass is 79.9. The van der Waals surface area contributed by atoms with Crippen LogP contribution in [0.4, 0.5) is 0 Å². The molecule has 0 unspecified atom stereocenters. The van der Waals surface area contributed by atoms with E-state index < -0.39 is 0 Å². The molecule has 1 N–H and O–H groups in total. The second-order valence-corrected chi connectivity index (χ2v) is 6.22. The Labute approximate surface area is 126 Å². The van der Waals surface area contributed by atoms with Gasteiger partial charge in [0.2, 0.25) is 0 Å². The van der Waals surface area contributed by atoms with Crippen LogP contribution in [0.25, 0.3) is 0 Å². The third kappa shape index (κ3) is 3.45. The van der Waals surface area contributed by atoms with Crippen molar-refractivity contribution in [3.63, 3.8) is 0 Å². The molecule has 0 spiro atoms. The Morgan fingerprint density at radius 1 is 1.37 bits per heavy atom. The van der Waals surface area contributed by atoms with E-state index in [4.69, 9.17) is 0 Å². The maximum absolute atomic E-state index is 12.1. The largest absolute Gasteiger partial charge is 0.347 e. The number of hydrogen-bond acceptors (Lipinski definition) is 2. The Hall–Kier alpha value is -1.13. The molecule has 0 radical (unpaired) electrons. The lowest BCUT2D eigenvalue weighted by atomic mass is 10.1. The normalized spacial score (nSPS) is 10.5. The number of thiophene rings is 1. The minimum Gasteiger partial charge on any atom is -0.347 e. The number of hydrogen-bond donors (Lipinski definition) is 1. The van der Waals surface area contributed by atoms with Gasteiger partial charge in [-0.3, -0.25) is 4.79 Å². The maximum atomic E-state index is 12.1. The molecular weight excluding hydrogens is 322 g/mol. The molecule has 0 saturated heterocycles. The summed E-state index contributed by atoms with van der Waals surface area (Å²) in [4.78, 5) is 13.3. The van der Waals surface area contributed by atoms with Crippen molar-refractivity contribution in [2.45, 2.75) is 26.8 Å². The van der Waals surface area contributed by atoms with E-state index in [-0.39, 0.29) is 5.91 Å². The summed E-state index contributed by atoms with van der Waals surface area (Å²) in [6, 6.07) is 7.78. The van der Waals surface area contributed by atoms with Crippen LogP contribution in [0.5, 0.6) is 0 Å². The molecule has 0 aliphatic rings. The molecule has 2 nitrogen and oxygen atoms in total. The third-order valence-corrected chi connectivity index (χ3v) is 4.88. The molecule has 1 heterocycles. The first kappa shape index (κ1) is 14.3. The van der Waals surface area contributed by atoms with Gasteiger partial charge in [-0.2, -0.15) is 0 Å². The molecule has 0 bridgehead atoms. The van der Waals surface area contributed by atoms with Crippen molar-refractivity contribution < 1.29 is 4.79 Å². The van der Waals surface area contributed by atoms with E-state index >= 15 is 0 Å². The summed E-state index contributed by atoms with van der Waals surface area (Å²) >= 11 is 5.14. The van der Waals surface area contributed by atoms with Gasteiger partial charge in [-0.05, 0) is 48.1 Å². The standard InChI is InChI=1S/C15H16BrNOS/c1-3-11-6-7-19-14(11)9-17-15(18)12-5-4-10(2)13(16)8-12/h4-8H,3,9H2,1-2H3,(H,17,18). The second-order valence-electron chi connectivity index (χ2n) is 4.37. The summed E-state index contributed by atoms with van der Waals surface area (Å²) in [5.41, 5.74) is 3.13. The van der Waals surface area contributed by atoms with Crippen molar-refractivity contribution in [2.24, 2.45) is 0 Å². The smallest absolute Gasteiger partial charge is 0.251 e. The van der Waals surface area contributed by atoms with Crippen LogP contribution in [0, 0.1) is 6.92 Å². The topological polar surface area (TPSA) is 29.1 Å². The van der Waals surface area contributed by atoms with Crippen LogP contribution in [-0.2, 0) is 13.0 Å². The van der Waals surface area contributed by atoms with Crippen molar-refractivity contribution in [1.29, 1.82) is 0 Å². The number of carbonyl (C=O) groups excluding carboxylic acids is 1. The summed E-state index contributed by atoms with van der Waals surface area (Å²) in [6.45, 7) is 4.74. The Bertz CT molecular complexity index is 592. The second kappa shape index (κ2) is 6.35. The number of amides is 1. The highest BCUT2D eigenvalue weighted by Crippen LogP contribution is 2.19. The lowest BCUT2D eigenvalue weighted by Crippen LogP contribution is -2.22. The average Bonchev–Trinajstić information content (AvgIpc) is 2.86. The van der Waals surface area contributed by atoms with Gasteiger partial charge in [0.1, 0.15) is 0 Å². The zero-order valence-electron chi connectivity index (χ0n) is 11.0. The molecule has 100 valence electrons. The first-order valence-corrected chi connectivity index (χ1v) is 7.88. The van der Waals surface area contributed by atoms with Gasteiger partial charge in [0.05, 0.1) is 6.54 Å². The Kier molecular flexibility index (Phi) is 4.77. The first-order chi connectivity index (χ1) is 9.11. The van der Waals surface area contributed by atoms with E-state index in [0.717, 1.165) is 16.5 Å². The number of aryl methyl sites for hydroxylation is 2. The Morgan fingerprint density at radius 2 is 2.16 bits per heavy atom.